The van der Waals surface area contributed by atoms with E-state index in [9.17, 15) is 4.79 Å². The van der Waals surface area contributed by atoms with Gasteiger partial charge in [0.15, 0.2) is 0 Å². The molecular weight excluding hydrogens is 194 g/mol. The third kappa shape index (κ3) is 1.86. The summed E-state index contributed by atoms with van der Waals surface area (Å²) >= 11 is 0. The van der Waals surface area contributed by atoms with Crippen molar-refractivity contribution in [1.29, 1.82) is 0 Å². The van der Waals surface area contributed by atoms with Gasteiger partial charge in [0.1, 0.15) is 6.61 Å². The molecule has 84 valence electrons. The molecule has 0 amide bonds. The second-order valence-corrected chi connectivity index (χ2v) is 4.09. The second-order valence-electron chi connectivity index (χ2n) is 4.09. The Labute approximate surface area is 89.8 Å². The lowest BCUT2D eigenvalue weighted by molar-refractivity contribution is -0.136. The standard InChI is InChI=1S/C11H17NO3/c1-8-10(7-15-11(8)13)12-5-3-4-9(12)6-14-2/h9H,3-7H2,1-2H3. The van der Waals surface area contributed by atoms with Crippen LogP contribution in [-0.2, 0) is 14.3 Å². The van der Waals surface area contributed by atoms with E-state index < -0.39 is 0 Å². The average Bonchev–Trinajstić information content (AvgIpc) is 2.77. The van der Waals surface area contributed by atoms with E-state index in [0.29, 0.717) is 12.6 Å². The Bertz CT molecular complexity index is 298. The molecule has 2 aliphatic heterocycles. The van der Waals surface area contributed by atoms with Gasteiger partial charge in [-0.15, -0.1) is 0 Å². The summed E-state index contributed by atoms with van der Waals surface area (Å²) in [5.41, 5.74) is 1.82. The number of cyclic esters (lactones) is 1. The van der Waals surface area contributed by atoms with Crippen molar-refractivity contribution in [3.63, 3.8) is 0 Å². The Kier molecular flexibility index (Phi) is 2.95. The quantitative estimate of drug-likeness (QED) is 0.651. The first-order valence-electron chi connectivity index (χ1n) is 5.36. The fraction of sp³-hybridized carbons (Fsp3) is 0.727. The van der Waals surface area contributed by atoms with Crippen LogP contribution in [0.3, 0.4) is 0 Å². The number of nitrogens with zero attached hydrogens (tertiary/aromatic N) is 1. The number of hydrogen-bond acceptors (Lipinski definition) is 4. The van der Waals surface area contributed by atoms with Gasteiger partial charge in [-0.05, 0) is 19.8 Å². The molecule has 0 aromatic carbocycles. The van der Waals surface area contributed by atoms with Crippen LogP contribution in [0.25, 0.3) is 0 Å². The van der Waals surface area contributed by atoms with Crippen molar-refractivity contribution >= 4 is 5.97 Å². The lowest BCUT2D eigenvalue weighted by atomic mass is 10.2. The van der Waals surface area contributed by atoms with Gasteiger partial charge < -0.3 is 14.4 Å². The molecule has 4 nitrogen and oxygen atoms in total. The number of esters is 1. The van der Waals surface area contributed by atoms with Crippen LogP contribution in [-0.4, -0.2) is 43.8 Å². The Hall–Kier alpha value is -1.03. The topological polar surface area (TPSA) is 38.8 Å². The molecule has 2 rings (SSSR count). The highest BCUT2D eigenvalue weighted by Gasteiger charge is 2.32. The molecule has 0 radical (unpaired) electrons. The molecule has 1 atom stereocenters. The maximum absolute atomic E-state index is 11.3. The molecule has 0 bridgehead atoms. The molecule has 15 heavy (non-hydrogen) atoms. The smallest absolute Gasteiger partial charge is 0.335 e. The summed E-state index contributed by atoms with van der Waals surface area (Å²) in [4.78, 5) is 13.5. The first kappa shape index (κ1) is 10.5. The van der Waals surface area contributed by atoms with Gasteiger partial charge in [-0.25, -0.2) is 4.79 Å². The molecule has 1 unspecified atom stereocenters. The van der Waals surface area contributed by atoms with Crippen molar-refractivity contribution in [1.82, 2.24) is 4.90 Å². The molecule has 0 aromatic rings. The third-order valence-electron chi connectivity index (χ3n) is 3.16. The average molecular weight is 211 g/mol. The van der Waals surface area contributed by atoms with Gasteiger partial charge in [0.05, 0.1) is 23.9 Å². The molecule has 0 saturated carbocycles. The minimum atomic E-state index is -0.173. The number of methoxy groups -OCH3 is 1. The predicted molar refractivity (Wildman–Crippen MR) is 55.3 cm³/mol. The minimum Gasteiger partial charge on any atom is -0.456 e. The molecule has 0 aliphatic carbocycles. The summed E-state index contributed by atoms with van der Waals surface area (Å²) in [5.74, 6) is -0.173. The normalized spacial score (nSPS) is 26.4. The van der Waals surface area contributed by atoms with Crippen molar-refractivity contribution in [3.05, 3.63) is 11.3 Å². The van der Waals surface area contributed by atoms with Gasteiger partial charge in [0.2, 0.25) is 0 Å². The van der Waals surface area contributed by atoms with E-state index >= 15 is 0 Å². The van der Waals surface area contributed by atoms with Crippen LogP contribution in [0.1, 0.15) is 19.8 Å². The lowest BCUT2D eigenvalue weighted by Crippen LogP contribution is -2.33. The van der Waals surface area contributed by atoms with Crippen LogP contribution in [0.2, 0.25) is 0 Å². The van der Waals surface area contributed by atoms with Crippen LogP contribution in [0.5, 0.6) is 0 Å². The zero-order valence-electron chi connectivity index (χ0n) is 9.28. The Balaban J connectivity index is 2.13. The summed E-state index contributed by atoms with van der Waals surface area (Å²) in [5, 5.41) is 0. The lowest BCUT2D eigenvalue weighted by Gasteiger charge is -2.26. The molecule has 0 N–H and O–H groups in total. The van der Waals surface area contributed by atoms with Crippen molar-refractivity contribution in [3.8, 4) is 0 Å². The number of ether oxygens (including phenoxy) is 2. The Morgan fingerprint density at radius 1 is 1.60 bits per heavy atom. The van der Waals surface area contributed by atoms with Gasteiger partial charge in [-0.3, -0.25) is 0 Å². The molecule has 1 fully saturated rings. The predicted octanol–water partition coefficient (Wildman–Crippen LogP) is 0.928. The molecule has 1 saturated heterocycles. The summed E-state index contributed by atoms with van der Waals surface area (Å²) in [7, 11) is 1.72. The fourth-order valence-corrected chi connectivity index (χ4v) is 2.32. The number of hydrogen-bond donors (Lipinski definition) is 0. The van der Waals surface area contributed by atoms with E-state index in [1.165, 1.54) is 6.42 Å². The van der Waals surface area contributed by atoms with Crippen molar-refractivity contribution in [2.75, 3.05) is 26.9 Å². The van der Waals surface area contributed by atoms with Crippen LogP contribution in [0.4, 0.5) is 0 Å². The minimum absolute atomic E-state index is 0.173. The molecule has 2 aliphatic rings. The van der Waals surface area contributed by atoms with Gasteiger partial charge >= 0.3 is 5.97 Å². The van der Waals surface area contributed by atoms with E-state index in [1.54, 1.807) is 7.11 Å². The van der Waals surface area contributed by atoms with Crippen LogP contribution in [0, 0.1) is 0 Å². The van der Waals surface area contributed by atoms with Gasteiger partial charge in [0.25, 0.3) is 0 Å². The summed E-state index contributed by atoms with van der Waals surface area (Å²) in [6.45, 7) is 4.01. The number of carbonyl (C=O) groups excluding carboxylic acids is 1. The summed E-state index contributed by atoms with van der Waals surface area (Å²) in [6, 6.07) is 0.412. The fourth-order valence-electron chi connectivity index (χ4n) is 2.32. The largest absolute Gasteiger partial charge is 0.456 e. The zero-order chi connectivity index (χ0) is 10.8. The van der Waals surface area contributed by atoms with Crippen molar-refractivity contribution in [2.24, 2.45) is 0 Å². The maximum Gasteiger partial charge on any atom is 0.335 e. The highest BCUT2D eigenvalue weighted by molar-refractivity contribution is 5.90. The van der Waals surface area contributed by atoms with E-state index in [2.05, 4.69) is 4.90 Å². The van der Waals surface area contributed by atoms with Gasteiger partial charge in [0, 0.05) is 13.7 Å². The Morgan fingerprint density at radius 3 is 3.00 bits per heavy atom. The molecule has 0 aromatic heterocycles. The van der Waals surface area contributed by atoms with E-state index in [0.717, 1.165) is 30.8 Å². The monoisotopic (exact) mass is 211 g/mol. The van der Waals surface area contributed by atoms with Crippen molar-refractivity contribution in [2.45, 2.75) is 25.8 Å². The number of likely N-dealkylation sites (tertiary alicyclic amines) is 1. The van der Waals surface area contributed by atoms with Crippen molar-refractivity contribution < 1.29 is 14.3 Å². The summed E-state index contributed by atoms with van der Waals surface area (Å²) < 4.78 is 10.2. The van der Waals surface area contributed by atoms with E-state index in [-0.39, 0.29) is 5.97 Å². The summed E-state index contributed by atoms with van der Waals surface area (Å²) in [6.07, 6.45) is 2.30. The highest BCUT2D eigenvalue weighted by Crippen LogP contribution is 2.27. The number of rotatable bonds is 3. The third-order valence-corrected chi connectivity index (χ3v) is 3.16. The van der Waals surface area contributed by atoms with E-state index in [1.807, 2.05) is 6.92 Å². The number of carbonyl (C=O) groups is 1. The second kappa shape index (κ2) is 4.23. The highest BCUT2D eigenvalue weighted by atomic mass is 16.5. The van der Waals surface area contributed by atoms with Gasteiger partial charge in [-0.2, -0.15) is 0 Å². The molecule has 0 spiro atoms. The molecule has 2 heterocycles. The molecular formula is C11H17NO3. The van der Waals surface area contributed by atoms with Crippen LogP contribution in [0.15, 0.2) is 11.3 Å². The SMILES string of the molecule is COCC1CCCN1C1=C(C)C(=O)OC1. The van der Waals surface area contributed by atoms with Gasteiger partial charge in [-0.1, -0.05) is 0 Å². The first-order chi connectivity index (χ1) is 7.24. The molecule has 4 heteroatoms. The Morgan fingerprint density at radius 2 is 2.40 bits per heavy atom. The zero-order valence-corrected chi connectivity index (χ0v) is 9.28. The van der Waals surface area contributed by atoms with Crippen LogP contribution < -0.4 is 0 Å². The van der Waals surface area contributed by atoms with Crippen LogP contribution >= 0.6 is 0 Å². The first-order valence-corrected chi connectivity index (χ1v) is 5.36. The van der Waals surface area contributed by atoms with E-state index in [4.69, 9.17) is 9.47 Å². The maximum atomic E-state index is 11.3.